The molecule has 2 saturated heterocycles. The summed E-state index contributed by atoms with van der Waals surface area (Å²) in [4.78, 5) is 18.5. The number of carbonyl (C=O) groups is 1. The molecule has 2 aliphatic rings. The van der Waals surface area contributed by atoms with Gasteiger partial charge in [-0.1, -0.05) is 36.4 Å². The van der Waals surface area contributed by atoms with E-state index in [-0.39, 0.29) is 6.03 Å². The van der Waals surface area contributed by atoms with Crippen molar-refractivity contribution in [1.29, 1.82) is 0 Å². The van der Waals surface area contributed by atoms with E-state index < -0.39 is 0 Å². The van der Waals surface area contributed by atoms with E-state index in [1.54, 1.807) is 19.0 Å². The highest BCUT2D eigenvalue weighted by Crippen LogP contribution is 2.28. The zero-order valence-electron chi connectivity index (χ0n) is 18.4. The Labute approximate surface area is 180 Å². The molecular weight excluding hydrogens is 374 g/mol. The molecule has 6 heteroatoms. The molecule has 162 valence electrons. The van der Waals surface area contributed by atoms with Gasteiger partial charge in [0.05, 0.1) is 0 Å². The van der Waals surface area contributed by atoms with E-state index in [2.05, 4.69) is 62.7 Å². The largest absolute Gasteiger partial charge is 0.368 e. The molecule has 6 nitrogen and oxygen atoms in total. The Morgan fingerprint density at radius 1 is 0.967 bits per heavy atom. The highest BCUT2D eigenvalue weighted by Gasteiger charge is 2.23. The second-order valence-electron chi connectivity index (χ2n) is 8.86. The Kier molecular flexibility index (Phi) is 6.75. The second-order valence-corrected chi connectivity index (χ2v) is 8.86. The summed E-state index contributed by atoms with van der Waals surface area (Å²) in [5, 5.41) is 4.76. The molecule has 2 aromatic carbocycles. The summed E-state index contributed by atoms with van der Waals surface area (Å²) in [6.07, 6.45) is 3.61. The number of hydrazine groups is 1. The number of amides is 2. The lowest BCUT2D eigenvalue weighted by molar-refractivity contribution is 0.112. The molecule has 0 aromatic heterocycles. The number of fused-ring (bicyclic) bond motifs is 1. The first-order valence-electron chi connectivity index (χ1n) is 11.3. The minimum atomic E-state index is -0.0301. The van der Waals surface area contributed by atoms with Crippen molar-refractivity contribution in [1.82, 2.24) is 20.2 Å². The quantitative estimate of drug-likeness (QED) is 0.823. The topological polar surface area (TPSA) is 42.1 Å². The summed E-state index contributed by atoms with van der Waals surface area (Å²) >= 11 is 0. The van der Waals surface area contributed by atoms with Crippen molar-refractivity contribution in [3.63, 3.8) is 0 Å². The van der Waals surface area contributed by atoms with Crippen LogP contribution in [0.15, 0.2) is 42.5 Å². The van der Waals surface area contributed by atoms with Crippen molar-refractivity contribution >= 4 is 22.5 Å². The molecule has 2 amide bonds. The molecule has 2 fully saturated rings. The van der Waals surface area contributed by atoms with Crippen LogP contribution in [-0.4, -0.2) is 80.7 Å². The van der Waals surface area contributed by atoms with E-state index in [0.717, 1.165) is 45.2 Å². The van der Waals surface area contributed by atoms with Gasteiger partial charge >= 0.3 is 6.03 Å². The van der Waals surface area contributed by atoms with Crippen molar-refractivity contribution in [2.75, 3.05) is 64.8 Å². The summed E-state index contributed by atoms with van der Waals surface area (Å²) in [6, 6.07) is 15.3. The molecule has 0 radical (unpaired) electrons. The van der Waals surface area contributed by atoms with Crippen molar-refractivity contribution in [3.05, 3.63) is 42.5 Å². The van der Waals surface area contributed by atoms with Crippen LogP contribution in [0.25, 0.3) is 10.8 Å². The summed E-state index contributed by atoms with van der Waals surface area (Å²) in [7, 11) is 3.56. The fraction of sp³-hybridized carbons (Fsp3) is 0.542. The number of hydrogen-bond donors (Lipinski definition) is 1. The lowest BCUT2D eigenvalue weighted by Crippen LogP contribution is -2.50. The molecule has 2 heterocycles. The van der Waals surface area contributed by atoms with Gasteiger partial charge in [-0.25, -0.2) is 9.80 Å². The smallest absolute Gasteiger partial charge is 0.331 e. The fourth-order valence-electron chi connectivity index (χ4n) is 4.63. The molecule has 0 unspecified atom stereocenters. The third kappa shape index (κ3) is 5.05. The Morgan fingerprint density at radius 2 is 1.67 bits per heavy atom. The summed E-state index contributed by atoms with van der Waals surface area (Å²) in [5.41, 5.74) is 4.36. The average Bonchev–Trinajstić information content (AvgIpc) is 2.78. The first kappa shape index (κ1) is 20.9. The summed E-state index contributed by atoms with van der Waals surface area (Å²) < 4.78 is 0. The van der Waals surface area contributed by atoms with Gasteiger partial charge < -0.3 is 9.80 Å². The second kappa shape index (κ2) is 9.67. The number of piperidine rings is 1. The van der Waals surface area contributed by atoms with Gasteiger partial charge in [-0.15, -0.1) is 0 Å². The first-order chi connectivity index (χ1) is 14.6. The van der Waals surface area contributed by atoms with Crippen LogP contribution in [0.5, 0.6) is 0 Å². The number of anilines is 1. The van der Waals surface area contributed by atoms with E-state index in [0.29, 0.717) is 0 Å². The highest BCUT2D eigenvalue weighted by atomic mass is 16.2. The van der Waals surface area contributed by atoms with Crippen LogP contribution in [-0.2, 0) is 0 Å². The lowest BCUT2D eigenvalue weighted by Gasteiger charge is -2.38. The maximum Gasteiger partial charge on any atom is 0.331 e. The zero-order valence-corrected chi connectivity index (χ0v) is 18.4. The van der Waals surface area contributed by atoms with Crippen LogP contribution in [0.2, 0.25) is 0 Å². The van der Waals surface area contributed by atoms with E-state index >= 15 is 0 Å². The van der Waals surface area contributed by atoms with E-state index in [1.165, 1.54) is 42.3 Å². The Balaban J connectivity index is 1.20. The van der Waals surface area contributed by atoms with Gasteiger partial charge in [0, 0.05) is 64.4 Å². The first-order valence-corrected chi connectivity index (χ1v) is 11.3. The molecule has 1 N–H and O–H groups in total. The molecule has 2 aromatic rings. The molecule has 0 aliphatic carbocycles. The van der Waals surface area contributed by atoms with Crippen molar-refractivity contribution < 1.29 is 4.79 Å². The Hall–Kier alpha value is -2.31. The predicted molar refractivity (Wildman–Crippen MR) is 124 cm³/mol. The monoisotopic (exact) mass is 409 g/mol. The number of urea groups is 1. The average molecular weight is 410 g/mol. The number of nitrogens with zero attached hydrogens (tertiary/aromatic N) is 4. The molecule has 30 heavy (non-hydrogen) atoms. The van der Waals surface area contributed by atoms with Gasteiger partial charge in [0.2, 0.25) is 0 Å². The minimum Gasteiger partial charge on any atom is -0.368 e. The van der Waals surface area contributed by atoms with Crippen LogP contribution < -0.4 is 10.3 Å². The number of hydrogen-bond acceptors (Lipinski definition) is 4. The standard InChI is InChI=1S/C24H35N5O/c1-26(2)24(30)25-29-14-11-20(12-15-29)10-13-27-16-18-28(19-17-27)23-9-5-7-21-6-3-4-8-22(21)23/h3-9,20H,10-19H2,1-2H3,(H,25,30). The van der Waals surface area contributed by atoms with E-state index in [4.69, 9.17) is 0 Å². The Bertz CT molecular complexity index is 833. The van der Waals surface area contributed by atoms with Crippen LogP contribution in [0.4, 0.5) is 10.5 Å². The number of carbonyl (C=O) groups excluding carboxylic acids is 1. The van der Waals surface area contributed by atoms with E-state index in [9.17, 15) is 4.79 Å². The SMILES string of the molecule is CN(C)C(=O)NN1CCC(CCN2CCN(c3cccc4ccccc34)CC2)CC1. The third-order valence-electron chi connectivity index (χ3n) is 6.61. The summed E-state index contributed by atoms with van der Waals surface area (Å²) in [6.45, 7) is 7.59. The fourth-order valence-corrected chi connectivity index (χ4v) is 4.63. The molecular formula is C24H35N5O. The molecule has 4 rings (SSSR count). The van der Waals surface area contributed by atoms with Gasteiger partial charge in [0.15, 0.2) is 0 Å². The Morgan fingerprint density at radius 3 is 2.40 bits per heavy atom. The third-order valence-corrected chi connectivity index (χ3v) is 6.61. The van der Waals surface area contributed by atoms with Crippen LogP contribution in [0.1, 0.15) is 19.3 Å². The number of benzene rings is 2. The van der Waals surface area contributed by atoms with Gasteiger partial charge in [0.1, 0.15) is 0 Å². The number of nitrogens with one attached hydrogen (secondary N) is 1. The molecule has 0 saturated carbocycles. The maximum absolute atomic E-state index is 11.8. The maximum atomic E-state index is 11.8. The number of rotatable bonds is 5. The normalized spacial score (nSPS) is 19.2. The number of piperazine rings is 1. The van der Waals surface area contributed by atoms with Gasteiger partial charge in [-0.05, 0) is 43.2 Å². The van der Waals surface area contributed by atoms with Crippen LogP contribution in [0, 0.1) is 5.92 Å². The van der Waals surface area contributed by atoms with Crippen molar-refractivity contribution in [2.45, 2.75) is 19.3 Å². The van der Waals surface area contributed by atoms with Gasteiger partial charge in [-0.2, -0.15) is 0 Å². The van der Waals surface area contributed by atoms with Crippen LogP contribution in [0.3, 0.4) is 0 Å². The van der Waals surface area contributed by atoms with E-state index in [1.807, 2.05) is 0 Å². The van der Waals surface area contributed by atoms with Crippen molar-refractivity contribution in [3.8, 4) is 0 Å². The molecule has 2 aliphatic heterocycles. The summed E-state index contributed by atoms with van der Waals surface area (Å²) in [5.74, 6) is 0.772. The highest BCUT2D eigenvalue weighted by molar-refractivity contribution is 5.94. The van der Waals surface area contributed by atoms with Gasteiger partial charge in [-0.3, -0.25) is 10.3 Å². The van der Waals surface area contributed by atoms with Crippen LogP contribution >= 0.6 is 0 Å². The molecule has 0 spiro atoms. The predicted octanol–water partition coefficient (Wildman–Crippen LogP) is 3.25. The van der Waals surface area contributed by atoms with Gasteiger partial charge in [0.25, 0.3) is 0 Å². The molecule has 0 atom stereocenters. The lowest BCUT2D eigenvalue weighted by atomic mass is 9.94. The van der Waals surface area contributed by atoms with Crippen molar-refractivity contribution in [2.24, 2.45) is 5.92 Å². The minimum absolute atomic E-state index is 0.0301. The molecule has 0 bridgehead atoms. The zero-order chi connectivity index (χ0) is 20.9.